The van der Waals surface area contributed by atoms with Gasteiger partial charge in [0.05, 0.1) is 17.4 Å². The second kappa shape index (κ2) is 7.88. The summed E-state index contributed by atoms with van der Waals surface area (Å²) in [5, 5.41) is 5.49. The van der Waals surface area contributed by atoms with Crippen molar-refractivity contribution in [1.82, 2.24) is 10.3 Å². The zero-order valence-corrected chi connectivity index (χ0v) is 14.3. The van der Waals surface area contributed by atoms with Crippen molar-refractivity contribution in [3.05, 3.63) is 57.4 Å². The summed E-state index contributed by atoms with van der Waals surface area (Å²) in [5.74, 6) is -0.325. The number of anilines is 1. The molecule has 1 heterocycles. The number of nitrogens with one attached hydrogen (secondary N) is 2. The molecule has 0 atom stereocenters. The van der Waals surface area contributed by atoms with Gasteiger partial charge in [-0.1, -0.05) is 12.1 Å². The first-order chi connectivity index (χ1) is 10.6. The predicted octanol–water partition coefficient (Wildman–Crippen LogP) is 2.75. The Balaban J connectivity index is 1.82. The normalized spacial score (nSPS) is 10.1. The molecule has 2 amide bonds. The van der Waals surface area contributed by atoms with Crippen LogP contribution in [-0.4, -0.2) is 23.3 Å². The van der Waals surface area contributed by atoms with Crippen LogP contribution < -0.4 is 10.6 Å². The molecule has 0 unspecified atom stereocenters. The van der Waals surface area contributed by atoms with Crippen molar-refractivity contribution in [3.8, 4) is 0 Å². The molecular weight excluding hydrogens is 393 g/mol. The van der Waals surface area contributed by atoms with Crippen LogP contribution in [0.2, 0.25) is 0 Å². The first kappa shape index (κ1) is 16.4. The summed E-state index contributed by atoms with van der Waals surface area (Å²) in [5.41, 5.74) is 2.34. The Kier molecular flexibility index (Phi) is 5.88. The van der Waals surface area contributed by atoms with E-state index < -0.39 is 0 Å². The Hall–Kier alpha value is -1.96. The molecule has 1 aromatic heterocycles. The molecule has 0 fully saturated rings. The molecule has 1 aromatic carbocycles. The van der Waals surface area contributed by atoms with Crippen molar-refractivity contribution in [1.29, 1.82) is 0 Å². The molecule has 0 aliphatic rings. The van der Waals surface area contributed by atoms with Gasteiger partial charge in [0.2, 0.25) is 5.91 Å². The highest BCUT2D eigenvalue weighted by atomic mass is 127. The van der Waals surface area contributed by atoms with Crippen LogP contribution in [0.5, 0.6) is 0 Å². The molecule has 2 N–H and O–H groups in total. The average Bonchev–Trinajstić information content (AvgIpc) is 2.51. The van der Waals surface area contributed by atoms with E-state index in [4.69, 9.17) is 0 Å². The van der Waals surface area contributed by atoms with Crippen LogP contribution in [0.4, 0.5) is 5.69 Å². The van der Waals surface area contributed by atoms with Gasteiger partial charge in [-0.3, -0.25) is 14.6 Å². The van der Waals surface area contributed by atoms with Gasteiger partial charge in [0.25, 0.3) is 5.91 Å². The highest BCUT2D eigenvalue weighted by Crippen LogP contribution is 2.16. The van der Waals surface area contributed by atoms with Gasteiger partial charge in [-0.15, -0.1) is 0 Å². The van der Waals surface area contributed by atoms with Crippen molar-refractivity contribution in [2.24, 2.45) is 0 Å². The van der Waals surface area contributed by atoms with Gasteiger partial charge < -0.3 is 10.6 Å². The van der Waals surface area contributed by atoms with E-state index in [1.54, 1.807) is 30.6 Å². The molecule has 0 saturated heterocycles. The first-order valence-electron chi connectivity index (χ1n) is 6.81. The predicted molar refractivity (Wildman–Crippen MR) is 93.7 cm³/mol. The summed E-state index contributed by atoms with van der Waals surface area (Å²) >= 11 is 2.15. The van der Waals surface area contributed by atoms with Crippen LogP contribution >= 0.6 is 22.6 Å². The molecule has 6 heteroatoms. The Morgan fingerprint density at radius 1 is 1.23 bits per heavy atom. The second-order valence-corrected chi connectivity index (χ2v) is 5.81. The van der Waals surface area contributed by atoms with E-state index in [0.29, 0.717) is 11.3 Å². The van der Waals surface area contributed by atoms with Crippen LogP contribution in [0, 0.1) is 10.5 Å². The smallest absolute Gasteiger partial charge is 0.252 e. The SMILES string of the molecule is Cc1cccc(C(=O)NCCC(=O)Nc2cccnc2)c1I. The quantitative estimate of drug-likeness (QED) is 0.747. The van der Waals surface area contributed by atoms with Gasteiger partial charge in [-0.05, 0) is 53.3 Å². The lowest BCUT2D eigenvalue weighted by atomic mass is 10.1. The maximum Gasteiger partial charge on any atom is 0.252 e. The number of aryl methyl sites for hydroxylation is 1. The molecule has 0 saturated carbocycles. The van der Waals surface area contributed by atoms with Gasteiger partial charge in [0, 0.05) is 22.7 Å². The number of amides is 2. The van der Waals surface area contributed by atoms with E-state index in [0.717, 1.165) is 9.13 Å². The summed E-state index contributed by atoms with van der Waals surface area (Å²) in [6.45, 7) is 2.24. The summed E-state index contributed by atoms with van der Waals surface area (Å²) in [4.78, 5) is 27.8. The zero-order chi connectivity index (χ0) is 15.9. The van der Waals surface area contributed by atoms with Gasteiger partial charge in [-0.25, -0.2) is 0 Å². The Labute approximate surface area is 142 Å². The van der Waals surface area contributed by atoms with Crippen molar-refractivity contribution >= 4 is 40.1 Å². The maximum absolute atomic E-state index is 12.1. The molecule has 2 rings (SSSR count). The summed E-state index contributed by atoms with van der Waals surface area (Å²) in [6.07, 6.45) is 3.42. The highest BCUT2D eigenvalue weighted by Gasteiger charge is 2.11. The van der Waals surface area contributed by atoms with Crippen molar-refractivity contribution in [3.63, 3.8) is 0 Å². The molecule has 0 radical (unpaired) electrons. The summed E-state index contributed by atoms with van der Waals surface area (Å²) < 4.78 is 0.928. The lowest BCUT2D eigenvalue weighted by Crippen LogP contribution is -2.28. The van der Waals surface area contributed by atoms with E-state index in [9.17, 15) is 9.59 Å². The third-order valence-electron chi connectivity index (χ3n) is 3.02. The number of nitrogens with zero attached hydrogens (tertiary/aromatic N) is 1. The Morgan fingerprint density at radius 2 is 2.05 bits per heavy atom. The summed E-state index contributed by atoms with van der Waals surface area (Å²) in [7, 11) is 0. The fourth-order valence-corrected chi connectivity index (χ4v) is 2.47. The van der Waals surface area contributed by atoms with E-state index in [-0.39, 0.29) is 24.8 Å². The Morgan fingerprint density at radius 3 is 2.77 bits per heavy atom. The van der Waals surface area contributed by atoms with E-state index >= 15 is 0 Å². The number of rotatable bonds is 5. The van der Waals surface area contributed by atoms with Crippen LogP contribution in [0.25, 0.3) is 0 Å². The van der Waals surface area contributed by atoms with Crippen molar-refractivity contribution in [2.45, 2.75) is 13.3 Å². The van der Waals surface area contributed by atoms with Crippen LogP contribution in [-0.2, 0) is 4.79 Å². The molecule has 0 aliphatic heterocycles. The monoisotopic (exact) mass is 409 g/mol. The van der Waals surface area contributed by atoms with Gasteiger partial charge in [-0.2, -0.15) is 0 Å². The Bertz CT molecular complexity index is 674. The number of hydrogen-bond acceptors (Lipinski definition) is 3. The fourth-order valence-electron chi connectivity index (χ4n) is 1.87. The number of benzene rings is 1. The fraction of sp³-hybridized carbons (Fsp3) is 0.188. The second-order valence-electron chi connectivity index (χ2n) is 4.73. The number of carbonyl (C=O) groups excluding carboxylic acids is 2. The van der Waals surface area contributed by atoms with E-state index in [2.05, 4.69) is 38.2 Å². The number of pyridine rings is 1. The molecule has 114 valence electrons. The molecule has 22 heavy (non-hydrogen) atoms. The molecule has 0 aliphatic carbocycles. The standard InChI is InChI=1S/C16H16IN3O2/c1-11-4-2-6-13(15(11)17)16(22)19-9-7-14(21)20-12-5-3-8-18-10-12/h2-6,8,10H,7,9H2,1H3,(H,19,22)(H,20,21). The molecule has 0 bridgehead atoms. The van der Waals surface area contributed by atoms with Gasteiger partial charge in [0.1, 0.15) is 0 Å². The maximum atomic E-state index is 12.1. The molecule has 5 nitrogen and oxygen atoms in total. The number of carbonyl (C=O) groups is 2. The first-order valence-corrected chi connectivity index (χ1v) is 7.89. The molecular formula is C16H16IN3O2. The minimum absolute atomic E-state index is 0.160. The van der Waals surface area contributed by atoms with Crippen LogP contribution in [0.3, 0.4) is 0 Å². The van der Waals surface area contributed by atoms with E-state index in [1.807, 2.05) is 19.1 Å². The van der Waals surface area contributed by atoms with Crippen molar-refractivity contribution < 1.29 is 9.59 Å². The lowest BCUT2D eigenvalue weighted by molar-refractivity contribution is -0.116. The van der Waals surface area contributed by atoms with Crippen molar-refractivity contribution in [2.75, 3.05) is 11.9 Å². The molecule has 2 aromatic rings. The number of aromatic nitrogens is 1. The van der Waals surface area contributed by atoms with Crippen LogP contribution in [0.15, 0.2) is 42.7 Å². The number of hydrogen-bond donors (Lipinski definition) is 2. The third kappa shape index (κ3) is 4.52. The van der Waals surface area contributed by atoms with Gasteiger partial charge in [0.15, 0.2) is 0 Å². The van der Waals surface area contributed by atoms with Crippen LogP contribution in [0.1, 0.15) is 22.3 Å². The zero-order valence-electron chi connectivity index (χ0n) is 12.1. The molecule has 0 spiro atoms. The average molecular weight is 409 g/mol. The minimum atomic E-state index is -0.165. The van der Waals surface area contributed by atoms with Gasteiger partial charge >= 0.3 is 0 Å². The topological polar surface area (TPSA) is 71.1 Å². The van der Waals surface area contributed by atoms with E-state index in [1.165, 1.54) is 0 Å². The summed E-state index contributed by atoms with van der Waals surface area (Å²) in [6, 6.07) is 9.09. The third-order valence-corrected chi connectivity index (χ3v) is 4.45. The number of halogens is 1. The highest BCUT2D eigenvalue weighted by molar-refractivity contribution is 14.1. The lowest BCUT2D eigenvalue weighted by Gasteiger charge is -2.09. The largest absolute Gasteiger partial charge is 0.351 e. The minimum Gasteiger partial charge on any atom is -0.351 e.